The Morgan fingerprint density at radius 1 is 1.36 bits per heavy atom. The van der Waals surface area contributed by atoms with Crippen molar-refractivity contribution in [2.45, 2.75) is 25.2 Å². The quantitative estimate of drug-likeness (QED) is 0.754. The first-order valence-corrected chi connectivity index (χ1v) is 5.28. The van der Waals surface area contributed by atoms with Crippen LogP contribution in [0.2, 0.25) is 0 Å². The second-order valence-electron chi connectivity index (χ2n) is 3.95. The Labute approximate surface area is 84.7 Å². The van der Waals surface area contributed by atoms with Crippen LogP contribution in [0.15, 0.2) is 18.2 Å². The van der Waals surface area contributed by atoms with E-state index in [0.29, 0.717) is 6.54 Å². The molecule has 14 heavy (non-hydrogen) atoms. The van der Waals surface area contributed by atoms with Crippen molar-refractivity contribution in [3.05, 3.63) is 34.9 Å². The van der Waals surface area contributed by atoms with Gasteiger partial charge in [0.15, 0.2) is 0 Å². The Kier molecular flexibility index (Phi) is 2.85. The zero-order valence-electron chi connectivity index (χ0n) is 8.37. The van der Waals surface area contributed by atoms with Gasteiger partial charge in [0.2, 0.25) is 0 Å². The average Bonchev–Trinajstić information content (AvgIpc) is 2.68. The normalized spacial score (nSPS) is 16.7. The Bertz CT molecular complexity index is 318. The van der Waals surface area contributed by atoms with Crippen molar-refractivity contribution in [3.8, 4) is 0 Å². The molecular weight excluding hydrogens is 174 g/mol. The van der Waals surface area contributed by atoms with Crippen LogP contribution in [0, 0.1) is 0 Å². The van der Waals surface area contributed by atoms with Crippen LogP contribution < -0.4 is 5.73 Å². The van der Waals surface area contributed by atoms with E-state index in [9.17, 15) is 5.11 Å². The maximum Gasteiger partial charge on any atom is 0.0512 e. The van der Waals surface area contributed by atoms with Gasteiger partial charge in [-0.15, -0.1) is 0 Å². The predicted octanol–water partition coefficient (Wildman–Crippen LogP) is 1.21. The summed E-state index contributed by atoms with van der Waals surface area (Å²) in [4.78, 5) is 0. The number of hydrogen-bond donors (Lipinski definition) is 2. The minimum Gasteiger partial charge on any atom is -0.396 e. The van der Waals surface area contributed by atoms with E-state index in [0.717, 1.165) is 6.42 Å². The van der Waals surface area contributed by atoms with Crippen molar-refractivity contribution in [2.75, 3.05) is 13.2 Å². The van der Waals surface area contributed by atoms with E-state index in [2.05, 4.69) is 18.2 Å². The van der Waals surface area contributed by atoms with Crippen LogP contribution in [0.1, 0.15) is 29.0 Å². The number of aryl methyl sites for hydroxylation is 1. The molecule has 1 unspecified atom stereocenters. The molecular formula is C12H17NO. The Hall–Kier alpha value is -0.860. The molecule has 0 fully saturated rings. The number of fused-ring (bicyclic) bond motifs is 1. The maximum absolute atomic E-state index is 9.23. The summed E-state index contributed by atoms with van der Waals surface area (Å²) in [6.07, 6.45) is 3.59. The molecule has 0 amide bonds. The van der Waals surface area contributed by atoms with Crippen LogP contribution in [0.4, 0.5) is 0 Å². The van der Waals surface area contributed by atoms with Crippen LogP contribution in [0.3, 0.4) is 0 Å². The average molecular weight is 191 g/mol. The molecule has 2 rings (SSSR count). The fraction of sp³-hybridized carbons (Fsp3) is 0.500. The highest BCUT2D eigenvalue weighted by Gasteiger charge is 2.18. The minimum atomic E-state index is 0.128. The number of rotatable bonds is 3. The van der Waals surface area contributed by atoms with Gasteiger partial charge in [0, 0.05) is 12.5 Å². The monoisotopic (exact) mass is 191 g/mol. The SMILES string of the molecule is NCC(CO)c1cccc2c1CCC2. The summed E-state index contributed by atoms with van der Waals surface area (Å²) in [5.74, 6) is 0.128. The Morgan fingerprint density at radius 2 is 2.21 bits per heavy atom. The van der Waals surface area contributed by atoms with Crippen molar-refractivity contribution in [1.29, 1.82) is 0 Å². The summed E-state index contributed by atoms with van der Waals surface area (Å²) in [6.45, 7) is 0.694. The van der Waals surface area contributed by atoms with Crippen molar-refractivity contribution in [3.63, 3.8) is 0 Å². The summed E-state index contributed by atoms with van der Waals surface area (Å²) in [6, 6.07) is 6.38. The number of benzene rings is 1. The van der Waals surface area contributed by atoms with Gasteiger partial charge in [0.25, 0.3) is 0 Å². The minimum absolute atomic E-state index is 0.128. The highest BCUT2D eigenvalue weighted by Crippen LogP contribution is 2.29. The molecule has 1 aliphatic carbocycles. The molecule has 0 aliphatic heterocycles. The predicted molar refractivity (Wildman–Crippen MR) is 57.3 cm³/mol. The largest absolute Gasteiger partial charge is 0.396 e. The first kappa shape index (κ1) is 9.69. The van der Waals surface area contributed by atoms with Crippen molar-refractivity contribution in [2.24, 2.45) is 5.73 Å². The van der Waals surface area contributed by atoms with E-state index >= 15 is 0 Å². The summed E-state index contributed by atoms with van der Waals surface area (Å²) in [5.41, 5.74) is 9.81. The van der Waals surface area contributed by atoms with Crippen LogP contribution in [0.25, 0.3) is 0 Å². The van der Waals surface area contributed by atoms with Gasteiger partial charge >= 0.3 is 0 Å². The molecule has 76 valence electrons. The fourth-order valence-corrected chi connectivity index (χ4v) is 2.33. The van der Waals surface area contributed by atoms with Gasteiger partial charge in [-0.2, -0.15) is 0 Å². The number of aliphatic hydroxyl groups excluding tert-OH is 1. The van der Waals surface area contributed by atoms with Gasteiger partial charge in [0.1, 0.15) is 0 Å². The third-order valence-corrected chi connectivity index (χ3v) is 3.13. The second kappa shape index (κ2) is 4.11. The highest BCUT2D eigenvalue weighted by atomic mass is 16.3. The third kappa shape index (κ3) is 1.56. The molecule has 0 heterocycles. The van der Waals surface area contributed by atoms with E-state index in [-0.39, 0.29) is 12.5 Å². The molecule has 0 spiro atoms. The Morgan fingerprint density at radius 3 is 2.93 bits per heavy atom. The van der Waals surface area contributed by atoms with Gasteiger partial charge in [-0.25, -0.2) is 0 Å². The lowest BCUT2D eigenvalue weighted by molar-refractivity contribution is 0.267. The van der Waals surface area contributed by atoms with Crippen molar-refractivity contribution < 1.29 is 5.11 Å². The molecule has 1 aromatic rings. The molecule has 2 heteroatoms. The zero-order valence-corrected chi connectivity index (χ0v) is 8.37. The molecule has 1 atom stereocenters. The first-order chi connectivity index (χ1) is 6.86. The molecule has 2 nitrogen and oxygen atoms in total. The molecule has 0 aromatic heterocycles. The smallest absolute Gasteiger partial charge is 0.0512 e. The molecule has 0 saturated carbocycles. The standard InChI is InChI=1S/C12H17NO/c13-7-10(8-14)12-6-2-4-9-3-1-5-11(9)12/h2,4,6,10,14H,1,3,5,7-8,13H2. The van der Waals surface area contributed by atoms with E-state index in [1.807, 2.05) is 0 Å². The molecule has 0 saturated heterocycles. The van der Waals surface area contributed by atoms with Gasteiger partial charge in [-0.05, 0) is 36.0 Å². The summed E-state index contributed by atoms with van der Waals surface area (Å²) < 4.78 is 0. The first-order valence-electron chi connectivity index (χ1n) is 5.28. The summed E-state index contributed by atoms with van der Waals surface area (Å²) in [5, 5.41) is 9.23. The number of hydrogen-bond acceptors (Lipinski definition) is 2. The topological polar surface area (TPSA) is 46.2 Å². The molecule has 1 aromatic carbocycles. The molecule has 1 aliphatic rings. The van der Waals surface area contributed by atoms with Gasteiger partial charge in [-0.3, -0.25) is 0 Å². The second-order valence-corrected chi connectivity index (χ2v) is 3.95. The number of nitrogens with two attached hydrogens (primary N) is 1. The fourth-order valence-electron chi connectivity index (χ4n) is 2.33. The lowest BCUT2D eigenvalue weighted by Gasteiger charge is -2.16. The van der Waals surface area contributed by atoms with Crippen LogP contribution in [-0.4, -0.2) is 18.3 Å². The molecule has 3 N–H and O–H groups in total. The van der Waals surface area contributed by atoms with E-state index < -0.39 is 0 Å². The number of aliphatic hydroxyl groups is 1. The van der Waals surface area contributed by atoms with Crippen LogP contribution in [0.5, 0.6) is 0 Å². The lowest BCUT2D eigenvalue weighted by Crippen LogP contribution is -2.17. The zero-order chi connectivity index (χ0) is 9.97. The third-order valence-electron chi connectivity index (χ3n) is 3.13. The Balaban J connectivity index is 2.38. The van der Waals surface area contributed by atoms with E-state index in [1.54, 1.807) is 0 Å². The van der Waals surface area contributed by atoms with Gasteiger partial charge in [-0.1, -0.05) is 18.2 Å². The van der Waals surface area contributed by atoms with Crippen molar-refractivity contribution >= 4 is 0 Å². The van der Waals surface area contributed by atoms with Crippen molar-refractivity contribution in [1.82, 2.24) is 0 Å². The van der Waals surface area contributed by atoms with E-state index in [1.165, 1.54) is 29.5 Å². The van der Waals surface area contributed by atoms with Gasteiger partial charge in [0.05, 0.1) is 6.61 Å². The lowest BCUT2D eigenvalue weighted by atomic mass is 9.93. The summed E-state index contributed by atoms with van der Waals surface area (Å²) in [7, 11) is 0. The maximum atomic E-state index is 9.23. The molecule has 0 bridgehead atoms. The molecule has 0 radical (unpaired) electrons. The van der Waals surface area contributed by atoms with E-state index in [4.69, 9.17) is 5.73 Å². The van der Waals surface area contributed by atoms with Crippen LogP contribution in [-0.2, 0) is 12.8 Å². The summed E-state index contributed by atoms with van der Waals surface area (Å²) >= 11 is 0. The van der Waals surface area contributed by atoms with Gasteiger partial charge < -0.3 is 10.8 Å². The highest BCUT2D eigenvalue weighted by molar-refractivity contribution is 5.40. The van der Waals surface area contributed by atoms with Crippen LogP contribution >= 0.6 is 0 Å².